The number of anilines is 2. The van der Waals surface area contributed by atoms with E-state index in [-0.39, 0.29) is 31.4 Å². The van der Waals surface area contributed by atoms with Crippen molar-refractivity contribution in [2.45, 2.75) is 46.1 Å². The standard InChI is InChI=1S/C23H27F2N5.C2H6O.H2O.2H2/c1-3-15-19(26)7-6-18(24)21(15)16-5-8-20-17(22(16)25)13-27-23(29-20)28-14-9-11-30(4-2)12-10-14;1-2-3;;;/h5-8,13-14H,3-4,9-12,26H2,1-2H3,(H,27,28,29);3H,2H2,1H3;1H2;2*1H. The number of aliphatic hydroxyl groups is 1. The fourth-order valence-electron chi connectivity index (χ4n) is 4.22. The number of halogens is 2. The minimum absolute atomic E-state index is 0. The van der Waals surface area contributed by atoms with Crippen molar-refractivity contribution in [2.24, 2.45) is 0 Å². The molecule has 7 nitrogen and oxygen atoms in total. The number of nitrogens with one attached hydrogen (secondary N) is 1. The molecule has 0 aliphatic carbocycles. The van der Waals surface area contributed by atoms with Crippen LogP contribution in [0.3, 0.4) is 0 Å². The Morgan fingerprint density at radius 3 is 2.44 bits per heavy atom. The SMILES string of the molecule is CCO.CCc1c(N)ccc(F)c1-c1ccc2nc(NC3CCN(CC)CC3)ncc2c1F.O.[HH].[HH]. The molecule has 34 heavy (non-hydrogen) atoms. The zero-order valence-corrected chi connectivity index (χ0v) is 20.0. The highest BCUT2D eigenvalue weighted by molar-refractivity contribution is 5.87. The van der Waals surface area contributed by atoms with Crippen LogP contribution < -0.4 is 11.1 Å². The third-order valence-corrected chi connectivity index (χ3v) is 5.99. The molecule has 9 heteroatoms. The number of fused-ring (bicyclic) bond motifs is 1. The van der Waals surface area contributed by atoms with Crippen LogP contribution in [0.2, 0.25) is 0 Å². The van der Waals surface area contributed by atoms with E-state index < -0.39 is 11.6 Å². The lowest BCUT2D eigenvalue weighted by Gasteiger charge is -2.31. The van der Waals surface area contributed by atoms with E-state index in [0.717, 1.165) is 32.5 Å². The molecule has 2 aromatic carbocycles. The van der Waals surface area contributed by atoms with Crippen molar-refractivity contribution in [3.05, 3.63) is 47.7 Å². The fraction of sp³-hybridized carbons (Fsp3) is 0.440. The molecule has 1 aromatic heterocycles. The monoisotopic (exact) mass is 479 g/mol. The van der Waals surface area contributed by atoms with Gasteiger partial charge in [-0.1, -0.05) is 13.8 Å². The quantitative estimate of drug-likeness (QED) is 0.470. The van der Waals surface area contributed by atoms with Gasteiger partial charge in [0.25, 0.3) is 0 Å². The van der Waals surface area contributed by atoms with E-state index in [1.165, 1.54) is 18.3 Å². The largest absolute Gasteiger partial charge is 0.412 e. The molecule has 0 amide bonds. The van der Waals surface area contributed by atoms with Gasteiger partial charge in [-0.2, -0.15) is 0 Å². The summed E-state index contributed by atoms with van der Waals surface area (Å²) in [7, 11) is 0. The maximum absolute atomic E-state index is 15.3. The summed E-state index contributed by atoms with van der Waals surface area (Å²) in [5, 5.41) is 11.2. The molecule has 6 N–H and O–H groups in total. The highest BCUT2D eigenvalue weighted by Crippen LogP contribution is 2.35. The molecule has 0 saturated carbocycles. The van der Waals surface area contributed by atoms with Crippen LogP contribution >= 0.6 is 0 Å². The van der Waals surface area contributed by atoms with Gasteiger partial charge in [-0.05, 0) is 62.6 Å². The second kappa shape index (κ2) is 12.5. The molecule has 1 aliphatic rings. The Morgan fingerprint density at radius 1 is 1.15 bits per heavy atom. The average molecular weight is 480 g/mol. The molecule has 0 bridgehead atoms. The molecule has 4 rings (SSSR count). The van der Waals surface area contributed by atoms with Gasteiger partial charge in [0, 0.05) is 51.6 Å². The molecule has 0 spiro atoms. The number of likely N-dealkylation sites (tertiary alicyclic amines) is 1. The fourth-order valence-corrected chi connectivity index (χ4v) is 4.22. The van der Waals surface area contributed by atoms with Crippen LogP contribution in [-0.4, -0.2) is 57.7 Å². The normalized spacial score (nSPS) is 14.3. The molecule has 0 atom stereocenters. The number of nitrogens with zero attached hydrogens (tertiary/aromatic N) is 3. The van der Waals surface area contributed by atoms with Crippen molar-refractivity contribution < 1.29 is 22.2 Å². The van der Waals surface area contributed by atoms with E-state index >= 15 is 4.39 Å². The van der Waals surface area contributed by atoms with Crippen molar-refractivity contribution in [3.63, 3.8) is 0 Å². The first-order valence-corrected chi connectivity index (χ1v) is 11.6. The van der Waals surface area contributed by atoms with Gasteiger partial charge >= 0.3 is 0 Å². The molecule has 2 heterocycles. The molecular weight excluding hydrogens is 440 g/mol. The van der Waals surface area contributed by atoms with Gasteiger partial charge in [-0.15, -0.1) is 0 Å². The number of nitrogen functional groups attached to an aromatic ring is 1. The Bertz CT molecular complexity index is 1100. The molecule has 3 aromatic rings. The van der Waals surface area contributed by atoms with Gasteiger partial charge in [-0.25, -0.2) is 18.7 Å². The van der Waals surface area contributed by atoms with Gasteiger partial charge < -0.3 is 26.5 Å². The highest BCUT2D eigenvalue weighted by atomic mass is 19.1. The van der Waals surface area contributed by atoms with E-state index in [1.54, 1.807) is 19.1 Å². The zero-order valence-electron chi connectivity index (χ0n) is 20.0. The smallest absolute Gasteiger partial charge is 0.223 e. The van der Waals surface area contributed by atoms with Gasteiger partial charge in [0.1, 0.15) is 11.6 Å². The summed E-state index contributed by atoms with van der Waals surface area (Å²) in [5.41, 5.74) is 7.94. The lowest BCUT2D eigenvalue weighted by molar-refractivity contribution is 0.229. The molecule has 0 radical (unpaired) electrons. The van der Waals surface area contributed by atoms with Crippen LogP contribution in [0.5, 0.6) is 0 Å². The van der Waals surface area contributed by atoms with Crippen molar-refractivity contribution in [2.75, 3.05) is 37.3 Å². The molecule has 0 unspecified atom stereocenters. The van der Waals surface area contributed by atoms with Crippen LogP contribution in [0.4, 0.5) is 20.4 Å². The summed E-state index contributed by atoms with van der Waals surface area (Å²) in [6.07, 6.45) is 4.03. The van der Waals surface area contributed by atoms with Crippen molar-refractivity contribution >= 4 is 22.5 Å². The summed E-state index contributed by atoms with van der Waals surface area (Å²) in [4.78, 5) is 11.2. The van der Waals surface area contributed by atoms with E-state index in [1.807, 2.05) is 6.92 Å². The Morgan fingerprint density at radius 2 is 1.82 bits per heavy atom. The lowest BCUT2D eigenvalue weighted by Crippen LogP contribution is -2.39. The van der Waals surface area contributed by atoms with Crippen LogP contribution in [0.15, 0.2) is 30.5 Å². The molecular formula is C25H39F2N5O2. The van der Waals surface area contributed by atoms with E-state index in [4.69, 9.17) is 10.8 Å². The van der Waals surface area contributed by atoms with Crippen LogP contribution in [0.1, 0.15) is 42.0 Å². The summed E-state index contributed by atoms with van der Waals surface area (Å²) >= 11 is 0. The molecule has 1 saturated heterocycles. The maximum Gasteiger partial charge on any atom is 0.223 e. The number of hydrogen-bond acceptors (Lipinski definition) is 6. The summed E-state index contributed by atoms with van der Waals surface area (Å²) in [5.74, 6) is -0.527. The zero-order chi connectivity index (χ0) is 24.0. The molecule has 1 aliphatic heterocycles. The van der Waals surface area contributed by atoms with Crippen LogP contribution in [0, 0.1) is 11.6 Å². The first-order chi connectivity index (χ1) is 15.9. The van der Waals surface area contributed by atoms with Crippen molar-refractivity contribution in [3.8, 4) is 11.1 Å². The second-order valence-corrected chi connectivity index (χ2v) is 8.07. The van der Waals surface area contributed by atoms with E-state index in [2.05, 4.69) is 27.1 Å². The van der Waals surface area contributed by atoms with Gasteiger partial charge in [0.15, 0.2) is 0 Å². The van der Waals surface area contributed by atoms with Gasteiger partial charge in [0.2, 0.25) is 5.95 Å². The Hall–Kier alpha value is -2.88. The first kappa shape index (κ1) is 27.4. The van der Waals surface area contributed by atoms with Crippen molar-refractivity contribution in [1.29, 1.82) is 0 Å². The molecule has 190 valence electrons. The van der Waals surface area contributed by atoms with E-state index in [9.17, 15) is 4.39 Å². The lowest BCUT2D eigenvalue weighted by atomic mass is 9.94. The second-order valence-electron chi connectivity index (χ2n) is 8.07. The highest BCUT2D eigenvalue weighted by Gasteiger charge is 2.21. The predicted molar refractivity (Wildman–Crippen MR) is 138 cm³/mol. The van der Waals surface area contributed by atoms with Gasteiger partial charge in [-0.3, -0.25) is 0 Å². The Balaban J connectivity index is 0.00000195. The van der Waals surface area contributed by atoms with Gasteiger partial charge in [0.05, 0.1) is 10.9 Å². The summed E-state index contributed by atoms with van der Waals surface area (Å²) < 4.78 is 29.9. The molecule has 1 fully saturated rings. The minimum atomic E-state index is -0.533. The number of aliphatic hydroxyl groups excluding tert-OH is 1. The Kier molecular flexibility index (Phi) is 10.1. The minimum Gasteiger partial charge on any atom is -0.412 e. The summed E-state index contributed by atoms with van der Waals surface area (Å²) in [6.45, 7) is 9.13. The number of benzene rings is 2. The van der Waals surface area contributed by atoms with Crippen LogP contribution in [-0.2, 0) is 6.42 Å². The average Bonchev–Trinajstić information content (AvgIpc) is 2.82. The number of aromatic nitrogens is 2. The number of rotatable bonds is 5. The van der Waals surface area contributed by atoms with E-state index in [0.29, 0.717) is 35.2 Å². The van der Waals surface area contributed by atoms with Crippen LogP contribution in [0.25, 0.3) is 22.0 Å². The third-order valence-electron chi connectivity index (χ3n) is 5.99. The number of nitrogens with two attached hydrogens (primary N) is 1. The number of piperidine rings is 1. The maximum atomic E-state index is 15.3. The predicted octanol–water partition coefficient (Wildman–Crippen LogP) is 4.28. The number of hydrogen-bond donors (Lipinski definition) is 3. The topological polar surface area (TPSA) is 119 Å². The first-order valence-electron chi connectivity index (χ1n) is 11.6. The van der Waals surface area contributed by atoms with Crippen molar-refractivity contribution in [1.82, 2.24) is 14.9 Å². The third kappa shape index (κ3) is 5.97. The summed E-state index contributed by atoms with van der Waals surface area (Å²) in [6, 6.07) is 6.39. The Labute approximate surface area is 202 Å².